The highest BCUT2D eigenvalue weighted by molar-refractivity contribution is 9.10. The molecule has 0 bridgehead atoms. The summed E-state index contributed by atoms with van der Waals surface area (Å²) >= 11 is 2.91. The maximum Gasteiger partial charge on any atom is 0.417 e. The summed E-state index contributed by atoms with van der Waals surface area (Å²) in [4.78, 5) is 4.19. The number of alkyl halides is 3. The first-order valence-corrected chi connectivity index (χ1v) is 6.68. The third-order valence-corrected chi connectivity index (χ3v) is 3.41. The fourth-order valence-corrected chi connectivity index (χ4v) is 2.12. The zero-order valence-electron chi connectivity index (χ0n) is 10.6. The number of benzene rings is 1. The second-order valence-electron chi connectivity index (χ2n) is 4.37. The largest absolute Gasteiger partial charge is 0.417 e. The molecule has 0 aliphatic carbocycles. The van der Waals surface area contributed by atoms with Gasteiger partial charge in [-0.05, 0) is 36.8 Å². The van der Waals surface area contributed by atoms with Crippen molar-refractivity contribution in [3.63, 3.8) is 0 Å². The number of rotatable bonds is 3. The van der Waals surface area contributed by atoms with Gasteiger partial charge in [0, 0.05) is 16.4 Å². The first-order valence-electron chi connectivity index (χ1n) is 5.88. The molecule has 2 aromatic rings. The molecule has 0 saturated heterocycles. The number of pyridine rings is 1. The van der Waals surface area contributed by atoms with E-state index in [1.54, 1.807) is 12.3 Å². The molecule has 0 aliphatic rings. The summed E-state index contributed by atoms with van der Waals surface area (Å²) in [5, 5.41) is 2.94. The number of halogens is 4. The molecule has 0 atom stereocenters. The van der Waals surface area contributed by atoms with E-state index in [9.17, 15) is 13.2 Å². The smallest absolute Gasteiger partial charge is 0.379 e. The van der Waals surface area contributed by atoms with Crippen LogP contribution in [0.4, 0.5) is 18.9 Å². The predicted molar refractivity (Wildman–Crippen MR) is 75.4 cm³/mol. The van der Waals surface area contributed by atoms with Crippen LogP contribution in [0.3, 0.4) is 0 Å². The van der Waals surface area contributed by atoms with E-state index in [0.717, 1.165) is 17.3 Å². The zero-order valence-corrected chi connectivity index (χ0v) is 12.2. The minimum absolute atomic E-state index is 0.0315. The van der Waals surface area contributed by atoms with Gasteiger partial charge in [0.05, 0.1) is 17.8 Å². The van der Waals surface area contributed by atoms with E-state index in [-0.39, 0.29) is 4.47 Å². The van der Waals surface area contributed by atoms with Crippen LogP contribution in [0.15, 0.2) is 41.0 Å². The Morgan fingerprint density at radius 2 is 1.95 bits per heavy atom. The van der Waals surface area contributed by atoms with Crippen molar-refractivity contribution in [2.24, 2.45) is 0 Å². The van der Waals surface area contributed by atoms with Crippen molar-refractivity contribution in [3.05, 3.63) is 57.8 Å². The van der Waals surface area contributed by atoms with Crippen molar-refractivity contribution in [2.75, 3.05) is 5.32 Å². The lowest BCUT2D eigenvalue weighted by molar-refractivity contribution is -0.138. The lowest BCUT2D eigenvalue weighted by Crippen LogP contribution is -2.08. The van der Waals surface area contributed by atoms with Crippen LogP contribution in [0.2, 0.25) is 0 Å². The summed E-state index contributed by atoms with van der Waals surface area (Å²) in [6.45, 7) is 2.30. The Morgan fingerprint density at radius 3 is 2.55 bits per heavy atom. The van der Waals surface area contributed by atoms with E-state index >= 15 is 0 Å². The Morgan fingerprint density at radius 1 is 1.20 bits per heavy atom. The number of nitrogens with one attached hydrogen (secondary N) is 1. The van der Waals surface area contributed by atoms with Crippen LogP contribution in [0, 0.1) is 6.92 Å². The Kier molecular flexibility index (Phi) is 4.32. The Hall–Kier alpha value is -1.56. The molecule has 6 heteroatoms. The van der Waals surface area contributed by atoms with Crippen molar-refractivity contribution in [1.29, 1.82) is 0 Å². The van der Waals surface area contributed by atoms with Crippen LogP contribution >= 0.6 is 15.9 Å². The maximum atomic E-state index is 12.8. The Labute approximate surface area is 123 Å². The highest BCUT2D eigenvalue weighted by Gasteiger charge is 2.33. The van der Waals surface area contributed by atoms with Gasteiger partial charge >= 0.3 is 6.18 Å². The van der Waals surface area contributed by atoms with Crippen molar-refractivity contribution < 1.29 is 13.2 Å². The highest BCUT2D eigenvalue weighted by atomic mass is 79.9. The normalized spacial score (nSPS) is 11.4. The second-order valence-corrected chi connectivity index (χ2v) is 5.23. The molecule has 0 amide bonds. The van der Waals surface area contributed by atoms with Gasteiger partial charge in [0.2, 0.25) is 0 Å². The van der Waals surface area contributed by atoms with E-state index < -0.39 is 11.7 Å². The third kappa shape index (κ3) is 3.72. The SMILES string of the molecule is Cc1ccc(CNc2ccc(Br)c(C(F)(F)F)c2)nc1. The monoisotopic (exact) mass is 344 g/mol. The van der Waals surface area contributed by atoms with Gasteiger partial charge in [-0.25, -0.2) is 0 Å². The summed E-state index contributed by atoms with van der Waals surface area (Å²) in [6, 6.07) is 7.80. The van der Waals surface area contributed by atoms with Gasteiger partial charge in [0.1, 0.15) is 0 Å². The first-order chi connectivity index (χ1) is 9.36. The van der Waals surface area contributed by atoms with Crippen LogP contribution in [0.25, 0.3) is 0 Å². The van der Waals surface area contributed by atoms with Crippen LogP contribution in [-0.4, -0.2) is 4.98 Å². The number of hydrogen-bond acceptors (Lipinski definition) is 2. The number of hydrogen-bond donors (Lipinski definition) is 1. The van der Waals surface area contributed by atoms with Crippen LogP contribution in [0.1, 0.15) is 16.8 Å². The molecule has 0 unspecified atom stereocenters. The van der Waals surface area contributed by atoms with Gasteiger partial charge in [-0.2, -0.15) is 13.2 Å². The van der Waals surface area contributed by atoms with Gasteiger partial charge in [-0.15, -0.1) is 0 Å². The van der Waals surface area contributed by atoms with Crippen molar-refractivity contribution >= 4 is 21.6 Å². The van der Waals surface area contributed by atoms with E-state index in [2.05, 4.69) is 26.2 Å². The molecule has 1 aromatic carbocycles. The lowest BCUT2D eigenvalue weighted by Gasteiger charge is -2.12. The molecule has 2 rings (SSSR count). The predicted octanol–water partition coefficient (Wildman–Crippen LogP) is 4.78. The molecule has 0 fully saturated rings. The first kappa shape index (κ1) is 14.8. The van der Waals surface area contributed by atoms with Gasteiger partial charge in [-0.1, -0.05) is 22.0 Å². The molecule has 1 aromatic heterocycles. The summed E-state index contributed by atoms with van der Waals surface area (Å²) in [5.74, 6) is 0. The van der Waals surface area contributed by atoms with Gasteiger partial charge in [0.25, 0.3) is 0 Å². The van der Waals surface area contributed by atoms with Gasteiger partial charge in [-0.3, -0.25) is 4.98 Å². The average molecular weight is 345 g/mol. The number of anilines is 1. The molecule has 1 heterocycles. The number of aryl methyl sites for hydroxylation is 1. The molecular formula is C14H12BrF3N2. The molecular weight excluding hydrogens is 333 g/mol. The number of aromatic nitrogens is 1. The summed E-state index contributed by atoms with van der Waals surface area (Å²) in [5.41, 5.74) is 1.52. The zero-order chi connectivity index (χ0) is 14.8. The quantitative estimate of drug-likeness (QED) is 0.866. The third-order valence-electron chi connectivity index (χ3n) is 2.72. The van der Waals surface area contributed by atoms with E-state index in [1.807, 2.05) is 19.1 Å². The van der Waals surface area contributed by atoms with Crippen LogP contribution in [-0.2, 0) is 12.7 Å². The van der Waals surface area contributed by atoms with E-state index in [1.165, 1.54) is 6.07 Å². The minimum atomic E-state index is -4.38. The molecule has 0 spiro atoms. The molecule has 1 N–H and O–H groups in total. The van der Waals surface area contributed by atoms with E-state index in [0.29, 0.717) is 12.2 Å². The average Bonchev–Trinajstić information content (AvgIpc) is 2.38. The van der Waals surface area contributed by atoms with Crippen LogP contribution in [0.5, 0.6) is 0 Å². The fraction of sp³-hybridized carbons (Fsp3) is 0.214. The van der Waals surface area contributed by atoms with Crippen molar-refractivity contribution in [2.45, 2.75) is 19.6 Å². The molecule has 2 nitrogen and oxygen atoms in total. The summed E-state index contributed by atoms with van der Waals surface area (Å²) in [6.07, 6.45) is -2.65. The minimum Gasteiger partial charge on any atom is -0.379 e. The summed E-state index contributed by atoms with van der Waals surface area (Å²) < 4.78 is 38.3. The van der Waals surface area contributed by atoms with Crippen LogP contribution < -0.4 is 5.32 Å². The topological polar surface area (TPSA) is 24.9 Å². The standard InChI is InChI=1S/C14H12BrF3N2/c1-9-2-3-11(19-7-9)8-20-10-4-5-13(15)12(6-10)14(16,17)18/h2-7,20H,8H2,1H3. The van der Waals surface area contributed by atoms with Gasteiger partial charge in [0.15, 0.2) is 0 Å². The Balaban J connectivity index is 2.12. The second kappa shape index (κ2) is 5.83. The van der Waals surface area contributed by atoms with Crippen molar-refractivity contribution in [3.8, 4) is 0 Å². The highest BCUT2D eigenvalue weighted by Crippen LogP contribution is 2.36. The lowest BCUT2D eigenvalue weighted by atomic mass is 10.2. The fourth-order valence-electron chi connectivity index (χ4n) is 1.65. The molecule has 20 heavy (non-hydrogen) atoms. The molecule has 0 aliphatic heterocycles. The Bertz CT molecular complexity index is 594. The van der Waals surface area contributed by atoms with E-state index in [4.69, 9.17) is 0 Å². The maximum absolute atomic E-state index is 12.8. The summed E-state index contributed by atoms with van der Waals surface area (Å²) in [7, 11) is 0. The molecule has 106 valence electrons. The van der Waals surface area contributed by atoms with Gasteiger partial charge < -0.3 is 5.32 Å². The number of nitrogens with zero attached hydrogens (tertiary/aromatic N) is 1. The molecule has 0 radical (unpaired) electrons. The molecule has 0 saturated carbocycles. The van der Waals surface area contributed by atoms with Crippen molar-refractivity contribution in [1.82, 2.24) is 4.98 Å².